The van der Waals surface area contributed by atoms with Crippen molar-refractivity contribution in [2.45, 2.75) is 24.9 Å². The Morgan fingerprint density at radius 2 is 1.57 bits per heavy atom. The molecule has 0 spiro atoms. The third-order valence-corrected chi connectivity index (χ3v) is 7.06. The van der Waals surface area contributed by atoms with Gasteiger partial charge in [-0.1, -0.05) is 60.7 Å². The molecule has 1 fully saturated rings. The third kappa shape index (κ3) is 3.27. The van der Waals surface area contributed by atoms with E-state index in [4.69, 9.17) is 0 Å². The maximum Gasteiger partial charge on any atom is 0.234 e. The minimum absolute atomic E-state index is 0.215. The van der Waals surface area contributed by atoms with E-state index in [1.807, 2.05) is 52.6 Å². The molecule has 0 unspecified atom stereocenters. The van der Waals surface area contributed by atoms with E-state index < -0.39 is 0 Å². The van der Waals surface area contributed by atoms with Crippen LogP contribution in [0.1, 0.15) is 27.5 Å². The summed E-state index contributed by atoms with van der Waals surface area (Å²) in [5.41, 5.74) is 3.62. The van der Waals surface area contributed by atoms with Crippen molar-refractivity contribution in [1.82, 2.24) is 9.80 Å². The Morgan fingerprint density at radius 1 is 0.929 bits per heavy atom. The fraction of sp³-hybridized carbons (Fsp3) is 0.292. The number of hydrogen-bond donors (Lipinski definition) is 0. The lowest BCUT2D eigenvalue weighted by Gasteiger charge is -2.47. The number of carbonyl (C=O) groups excluding carboxylic acids is 1. The molecule has 3 heterocycles. The van der Waals surface area contributed by atoms with Crippen LogP contribution in [0.3, 0.4) is 0 Å². The zero-order valence-electron chi connectivity index (χ0n) is 15.8. The lowest BCUT2D eigenvalue weighted by atomic mass is 9.88. The van der Waals surface area contributed by atoms with Gasteiger partial charge >= 0.3 is 0 Å². The van der Waals surface area contributed by atoms with Gasteiger partial charge in [0.15, 0.2) is 0 Å². The van der Waals surface area contributed by atoms with Crippen LogP contribution in [0.2, 0.25) is 0 Å². The Labute approximate surface area is 170 Å². The normalized spacial score (nSPS) is 17.4. The fourth-order valence-corrected chi connectivity index (χ4v) is 5.29. The maximum absolute atomic E-state index is 13.4. The van der Waals surface area contributed by atoms with Crippen LogP contribution in [-0.2, 0) is 17.8 Å². The monoisotopic (exact) mass is 388 g/mol. The Morgan fingerprint density at radius 3 is 2.21 bits per heavy atom. The summed E-state index contributed by atoms with van der Waals surface area (Å²) in [6, 6.07) is 23.1. The highest BCUT2D eigenvalue weighted by Crippen LogP contribution is 2.31. The molecule has 2 aliphatic rings. The van der Waals surface area contributed by atoms with Gasteiger partial charge in [0.25, 0.3) is 0 Å². The van der Waals surface area contributed by atoms with Crippen molar-refractivity contribution in [1.29, 1.82) is 0 Å². The van der Waals surface area contributed by atoms with Gasteiger partial charge < -0.3 is 4.90 Å². The summed E-state index contributed by atoms with van der Waals surface area (Å²) in [5.74, 6) is 0.00932. The minimum atomic E-state index is -0.215. The highest BCUT2D eigenvalue weighted by Gasteiger charge is 2.39. The number of hydrogen-bond acceptors (Lipinski definition) is 3. The minimum Gasteiger partial charge on any atom is -0.339 e. The molecular weight excluding hydrogens is 364 g/mol. The second-order valence-corrected chi connectivity index (χ2v) is 8.74. The van der Waals surface area contributed by atoms with Crippen molar-refractivity contribution in [2.75, 3.05) is 19.6 Å². The number of nitrogens with zero attached hydrogens (tertiary/aromatic N) is 2. The second-order valence-electron chi connectivity index (χ2n) is 7.74. The van der Waals surface area contributed by atoms with Gasteiger partial charge in [-0.15, -0.1) is 11.3 Å². The van der Waals surface area contributed by atoms with Gasteiger partial charge in [-0.3, -0.25) is 9.69 Å². The summed E-state index contributed by atoms with van der Waals surface area (Å²) < 4.78 is 0. The van der Waals surface area contributed by atoms with Crippen molar-refractivity contribution in [3.63, 3.8) is 0 Å². The fourth-order valence-electron chi connectivity index (χ4n) is 4.40. The predicted octanol–water partition coefficient (Wildman–Crippen LogP) is 4.15. The van der Waals surface area contributed by atoms with Crippen molar-refractivity contribution in [3.8, 4) is 0 Å². The predicted molar refractivity (Wildman–Crippen MR) is 114 cm³/mol. The number of benzene rings is 2. The molecule has 4 heteroatoms. The number of thiophene rings is 1. The van der Waals surface area contributed by atoms with Crippen molar-refractivity contribution < 1.29 is 4.79 Å². The van der Waals surface area contributed by atoms with Gasteiger partial charge in [0, 0.05) is 37.1 Å². The topological polar surface area (TPSA) is 23.6 Å². The number of fused-ring (bicyclic) bond motifs is 1. The highest BCUT2D eigenvalue weighted by molar-refractivity contribution is 7.10. The molecule has 0 atom stereocenters. The zero-order chi connectivity index (χ0) is 18.9. The Bertz CT molecular complexity index is 908. The number of likely N-dealkylation sites (tertiary alicyclic amines) is 1. The van der Waals surface area contributed by atoms with E-state index in [0.29, 0.717) is 6.04 Å². The van der Waals surface area contributed by atoms with Crippen molar-refractivity contribution >= 4 is 17.2 Å². The smallest absolute Gasteiger partial charge is 0.234 e. The summed E-state index contributed by atoms with van der Waals surface area (Å²) in [6.45, 7) is 3.83. The molecule has 0 radical (unpaired) electrons. The van der Waals surface area contributed by atoms with Crippen LogP contribution in [-0.4, -0.2) is 41.4 Å². The van der Waals surface area contributed by atoms with E-state index in [1.54, 1.807) is 0 Å². The van der Waals surface area contributed by atoms with E-state index in [1.165, 1.54) is 10.4 Å². The largest absolute Gasteiger partial charge is 0.339 e. The molecule has 2 aliphatic heterocycles. The quantitative estimate of drug-likeness (QED) is 0.670. The summed E-state index contributed by atoms with van der Waals surface area (Å²) in [7, 11) is 0. The third-order valence-electron chi connectivity index (χ3n) is 6.04. The molecule has 2 aromatic carbocycles. The average molecular weight is 389 g/mol. The summed E-state index contributed by atoms with van der Waals surface area (Å²) in [6.07, 6.45) is 1.15. The van der Waals surface area contributed by atoms with Gasteiger partial charge in [0.1, 0.15) is 0 Å². The molecule has 5 rings (SSSR count). The number of carbonyl (C=O) groups is 1. The van der Waals surface area contributed by atoms with Crippen LogP contribution in [0.4, 0.5) is 0 Å². The molecule has 0 aliphatic carbocycles. The molecular formula is C24H24N2OS. The summed E-state index contributed by atoms with van der Waals surface area (Å²) >= 11 is 1.88. The average Bonchev–Trinajstić information content (AvgIpc) is 3.17. The van der Waals surface area contributed by atoms with Crippen LogP contribution in [0, 0.1) is 0 Å². The van der Waals surface area contributed by atoms with Crippen LogP contribution >= 0.6 is 11.3 Å². The first-order valence-electron chi connectivity index (χ1n) is 9.97. The lowest BCUT2D eigenvalue weighted by Crippen LogP contribution is -2.62. The van der Waals surface area contributed by atoms with Gasteiger partial charge in [0.05, 0.1) is 5.92 Å². The van der Waals surface area contributed by atoms with Gasteiger partial charge in [-0.05, 0) is 34.6 Å². The molecule has 1 amide bonds. The van der Waals surface area contributed by atoms with Crippen LogP contribution < -0.4 is 0 Å². The Hall–Kier alpha value is -2.43. The van der Waals surface area contributed by atoms with Crippen molar-refractivity contribution in [3.05, 3.63) is 93.7 Å². The molecule has 3 aromatic rings. The first kappa shape index (κ1) is 17.7. The van der Waals surface area contributed by atoms with E-state index in [0.717, 1.165) is 43.7 Å². The molecule has 0 saturated carbocycles. The van der Waals surface area contributed by atoms with E-state index in [9.17, 15) is 4.79 Å². The summed E-state index contributed by atoms with van der Waals surface area (Å²) in [5, 5.41) is 2.20. The van der Waals surface area contributed by atoms with Gasteiger partial charge in [-0.25, -0.2) is 0 Å². The molecule has 0 bridgehead atoms. The molecule has 1 aromatic heterocycles. The second kappa shape index (κ2) is 7.53. The van der Waals surface area contributed by atoms with E-state index in [-0.39, 0.29) is 11.8 Å². The zero-order valence-corrected chi connectivity index (χ0v) is 16.6. The Kier molecular flexibility index (Phi) is 4.75. The molecule has 28 heavy (non-hydrogen) atoms. The standard InChI is InChI=1S/C24H24N2OS/c27-24(23(18-7-3-1-4-8-18)19-9-5-2-6-10-19)26-16-21(17-26)25-13-11-22-20(15-25)12-14-28-22/h1-10,12,14,21,23H,11,13,15-17H2. The Balaban J connectivity index is 1.30. The van der Waals surface area contributed by atoms with E-state index >= 15 is 0 Å². The molecule has 142 valence electrons. The van der Waals surface area contributed by atoms with Crippen molar-refractivity contribution in [2.24, 2.45) is 0 Å². The van der Waals surface area contributed by atoms with Crippen LogP contribution in [0.25, 0.3) is 0 Å². The van der Waals surface area contributed by atoms with E-state index in [2.05, 4.69) is 40.6 Å². The van der Waals surface area contributed by atoms with Crippen LogP contribution in [0.5, 0.6) is 0 Å². The maximum atomic E-state index is 13.4. The lowest BCUT2D eigenvalue weighted by molar-refractivity contribution is -0.139. The molecule has 0 N–H and O–H groups in total. The molecule has 1 saturated heterocycles. The van der Waals surface area contributed by atoms with Gasteiger partial charge in [-0.2, -0.15) is 0 Å². The highest BCUT2D eigenvalue weighted by atomic mass is 32.1. The van der Waals surface area contributed by atoms with Crippen LogP contribution in [0.15, 0.2) is 72.1 Å². The SMILES string of the molecule is O=C(C(c1ccccc1)c1ccccc1)N1CC(N2CCc3sccc3C2)C1. The molecule has 3 nitrogen and oxygen atoms in total. The van der Waals surface area contributed by atoms with Gasteiger partial charge in [0.2, 0.25) is 5.91 Å². The number of rotatable bonds is 4. The number of amides is 1. The first-order chi connectivity index (χ1) is 13.8. The summed E-state index contributed by atoms with van der Waals surface area (Å²) in [4.78, 5) is 19.6. The first-order valence-corrected chi connectivity index (χ1v) is 10.9.